The van der Waals surface area contributed by atoms with E-state index in [1.807, 2.05) is 36.4 Å². The predicted octanol–water partition coefficient (Wildman–Crippen LogP) is 9.40. The van der Waals surface area contributed by atoms with Gasteiger partial charge in [-0.25, -0.2) is 0 Å². The smallest absolute Gasteiger partial charge is 0.416 e. The van der Waals surface area contributed by atoms with Gasteiger partial charge in [0.25, 0.3) is 0 Å². The number of unbranched alkanes of at least 4 members (excludes halogenated alkanes) is 9. The van der Waals surface area contributed by atoms with Crippen molar-refractivity contribution in [3.05, 3.63) is 77.4 Å². The Morgan fingerprint density at radius 3 is 1.97 bits per heavy atom. The lowest BCUT2D eigenvalue weighted by Gasteiger charge is -2.20. The van der Waals surface area contributed by atoms with E-state index in [0.29, 0.717) is 13.0 Å². The molecule has 0 aromatic heterocycles. The standard InChI is InChI=1S/C31H40F3NO/c1-2-3-4-5-6-7-8-9-10-15-22-36-30-21-20-24(25-16-11-12-17-26(25)30)23-29(35)27-18-13-14-19-28(27)31(32,33)34/h11-14,16-21,29H,2-10,15,22-23,35H2,1H3. The van der Waals surface area contributed by atoms with Crippen LogP contribution in [0, 0.1) is 0 Å². The molecule has 5 heteroatoms. The quantitative estimate of drug-likeness (QED) is 0.211. The second kappa shape index (κ2) is 14.3. The van der Waals surface area contributed by atoms with E-state index in [0.717, 1.165) is 34.6 Å². The second-order valence-corrected chi connectivity index (χ2v) is 9.69. The number of hydrogen-bond acceptors (Lipinski definition) is 2. The molecule has 3 aromatic rings. The topological polar surface area (TPSA) is 35.2 Å². The zero-order valence-electron chi connectivity index (χ0n) is 21.5. The molecule has 3 aromatic carbocycles. The van der Waals surface area contributed by atoms with Gasteiger partial charge in [0.15, 0.2) is 0 Å². The average molecular weight is 500 g/mol. The van der Waals surface area contributed by atoms with Gasteiger partial charge in [0.2, 0.25) is 0 Å². The fourth-order valence-corrected chi connectivity index (χ4v) is 4.83. The van der Waals surface area contributed by atoms with Crippen LogP contribution in [-0.4, -0.2) is 6.61 Å². The molecule has 36 heavy (non-hydrogen) atoms. The van der Waals surface area contributed by atoms with Crippen molar-refractivity contribution in [3.63, 3.8) is 0 Å². The highest BCUT2D eigenvalue weighted by Gasteiger charge is 2.34. The number of fused-ring (bicyclic) bond motifs is 1. The second-order valence-electron chi connectivity index (χ2n) is 9.69. The third-order valence-electron chi connectivity index (χ3n) is 6.84. The molecule has 0 fully saturated rings. The first kappa shape index (κ1) is 28.0. The van der Waals surface area contributed by atoms with Crippen molar-refractivity contribution >= 4 is 10.8 Å². The fraction of sp³-hybridized carbons (Fsp3) is 0.484. The maximum atomic E-state index is 13.5. The number of rotatable bonds is 15. The largest absolute Gasteiger partial charge is 0.493 e. The summed E-state index contributed by atoms with van der Waals surface area (Å²) in [6.45, 7) is 2.91. The Morgan fingerprint density at radius 1 is 0.722 bits per heavy atom. The maximum absolute atomic E-state index is 13.5. The highest BCUT2D eigenvalue weighted by atomic mass is 19.4. The molecule has 0 aliphatic rings. The molecule has 2 N–H and O–H groups in total. The summed E-state index contributed by atoms with van der Waals surface area (Å²) in [4.78, 5) is 0. The van der Waals surface area contributed by atoms with Crippen molar-refractivity contribution < 1.29 is 17.9 Å². The van der Waals surface area contributed by atoms with Crippen molar-refractivity contribution in [3.8, 4) is 5.75 Å². The summed E-state index contributed by atoms with van der Waals surface area (Å²) >= 11 is 0. The summed E-state index contributed by atoms with van der Waals surface area (Å²) in [5.74, 6) is 0.814. The number of nitrogens with two attached hydrogens (primary N) is 1. The van der Waals surface area contributed by atoms with Crippen LogP contribution in [-0.2, 0) is 12.6 Å². The molecule has 0 aliphatic heterocycles. The van der Waals surface area contributed by atoms with Crippen molar-refractivity contribution in [2.24, 2.45) is 5.73 Å². The first-order chi connectivity index (χ1) is 17.4. The maximum Gasteiger partial charge on any atom is 0.416 e. The lowest BCUT2D eigenvalue weighted by atomic mass is 9.92. The lowest BCUT2D eigenvalue weighted by Crippen LogP contribution is -2.19. The van der Waals surface area contributed by atoms with E-state index >= 15 is 0 Å². The summed E-state index contributed by atoms with van der Waals surface area (Å²) < 4.78 is 46.5. The van der Waals surface area contributed by atoms with Crippen LogP contribution in [0.5, 0.6) is 5.75 Å². The van der Waals surface area contributed by atoms with E-state index in [-0.39, 0.29) is 5.56 Å². The van der Waals surface area contributed by atoms with Gasteiger partial charge in [0, 0.05) is 11.4 Å². The van der Waals surface area contributed by atoms with Crippen molar-refractivity contribution in [1.29, 1.82) is 0 Å². The van der Waals surface area contributed by atoms with Crippen LogP contribution in [0.15, 0.2) is 60.7 Å². The van der Waals surface area contributed by atoms with Crippen LogP contribution >= 0.6 is 0 Å². The molecule has 1 atom stereocenters. The van der Waals surface area contributed by atoms with Crippen molar-refractivity contribution in [1.82, 2.24) is 0 Å². The van der Waals surface area contributed by atoms with E-state index in [1.54, 1.807) is 6.07 Å². The van der Waals surface area contributed by atoms with Gasteiger partial charge in [-0.15, -0.1) is 0 Å². The molecule has 2 nitrogen and oxygen atoms in total. The van der Waals surface area contributed by atoms with Crippen LogP contribution in [0.2, 0.25) is 0 Å². The third kappa shape index (κ3) is 8.26. The number of ether oxygens (including phenoxy) is 1. The van der Waals surface area contributed by atoms with E-state index in [4.69, 9.17) is 10.5 Å². The third-order valence-corrected chi connectivity index (χ3v) is 6.84. The molecular weight excluding hydrogens is 459 g/mol. The summed E-state index contributed by atoms with van der Waals surface area (Å²) in [5, 5.41) is 1.94. The molecule has 0 aliphatic carbocycles. The van der Waals surface area contributed by atoms with Gasteiger partial charge in [-0.3, -0.25) is 0 Å². The first-order valence-electron chi connectivity index (χ1n) is 13.5. The molecule has 0 spiro atoms. The van der Waals surface area contributed by atoms with Gasteiger partial charge >= 0.3 is 6.18 Å². The van der Waals surface area contributed by atoms with Crippen LogP contribution in [0.25, 0.3) is 10.8 Å². The molecular formula is C31H40F3NO. The molecule has 0 bridgehead atoms. The molecule has 196 valence electrons. The Bertz CT molecular complexity index is 1060. The highest BCUT2D eigenvalue weighted by molar-refractivity contribution is 5.91. The van der Waals surface area contributed by atoms with Gasteiger partial charge in [-0.2, -0.15) is 13.2 Å². The molecule has 0 saturated carbocycles. The van der Waals surface area contributed by atoms with Gasteiger partial charge in [0.05, 0.1) is 12.2 Å². The zero-order chi connectivity index (χ0) is 25.8. The Labute approximate surface area is 214 Å². The number of alkyl halides is 3. The first-order valence-corrected chi connectivity index (χ1v) is 13.5. The normalized spacial score (nSPS) is 12.7. The van der Waals surface area contributed by atoms with E-state index in [2.05, 4.69) is 6.92 Å². The van der Waals surface area contributed by atoms with Gasteiger partial charge < -0.3 is 10.5 Å². The van der Waals surface area contributed by atoms with Gasteiger partial charge in [-0.05, 0) is 41.5 Å². The summed E-state index contributed by atoms with van der Waals surface area (Å²) in [6.07, 6.45) is 8.65. The van der Waals surface area contributed by atoms with Crippen molar-refractivity contribution in [2.45, 2.75) is 89.8 Å². The minimum Gasteiger partial charge on any atom is -0.493 e. The van der Waals surface area contributed by atoms with Crippen LogP contribution in [0.4, 0.5) is 13.2 Å². The number of benzene rings is 3. The number of hydrogen-bond donors (Lipinski definition) is 1. The molecule has 0 radical (unpaired) electrons. The molecule has 0 amide bonds. The Morgan fingerprint density at radius 2 is 1.31 bits per heavy atom. The summed E-state index contributed by atoms with van der Waals surface area (Å²) in [5.41, 5.74) is 6.67. The minimum atomic E-state index is -4.43. The molecule has 3 rings (SSSR count). The Balaban J connectivity index is 1.55. The van der Waals surface area contributed by atoms with Crippen LogP contribution < -0.4 is 10.5 Å². The van der Waals surface area contributed by atoms with Gasteiger partial charge in [-0.1, -0.05) is 113 Å². The van der Waals surface area contributed by atoms with Crippen molar-refractivity contribution in [2.75, 3.05) is 6.61 Å². The molecule has 1 unspecified atom stereocenters. The molecule has 0 heterocycles. The summed E-state index contributed by atoms with van der Waals surface area (Å²) in [6, 6.07) is 16.6. The van der Waals surface area contributed by atoms with Gasteiger partial charge in [0.1, 0.15) is 5.75 Å². The molecule has 0 saturated heterocycles. The van der Waals surface area contributed by atoms with Crippen LogP contribution in [0.1, 0.15) is 93.9 Å². The fourth-order valence-electron chi connectivity index (χ4n) is 4.83. The number of halogens is 3. The zero-order valence-corrected chi connectivity index (χ0v) is 21.5. The highest BCUT2D eigenvalue weighted by Crippen LogP contribution is 2.36. The Hall–Kier alpha value is -2.53. The van der Waals surface area contributed by atoms with Crippen LogP contribution in [0.3, 0.4) is 0 Å². The van der Waals surface area contributed by atoms with E-state index in [1.165, 1.54) is 69.9 Å². The summed E-state index contributed by atoms with van der Waals surface area (Å²) in [7, 11) is 0. The monoisotopic (exact) mass is 499 g/mol. The Kier molecular flexibility index (Phi) is 11.1. The minimum absolute atomic E-state index is 0.121. The lowest BCUT2D eigenvalue weighted by molar-refractivity contribution is -0.138. The average Bonchev–Trinajstić information content (AvgIpc) is 2.87. The SMILES string of the molecule is CCCCCCCCCCCCOc1ccc(CC(N)c2ccccc2C(F)(F)F)c2ccccc12. The van der Waals surface area contributed by atoms with E-state index < -0.39 is 17.8 Å². The van der Waals surface area contributed by atoms with E-state index in [9.17, 15) is 13.2 Å². The predicted molar refractivity (Wildman–Crippen MR) is 143 cm³/mol.